The topological polar surface area (TPSA) is 41.9 Å². The van der Waals surface area contributed by atoms with Gasteiger partial charge in [-0.15, -0.1) is 0 Å². The standard InChI is InChI=1S/C20H25NO3/c1-23-18-8-7-15-5-2-3-6-16(15)17(18)13-21-11-10-20(19(22)14-21)9-4-12-24-20/h2-3,5-8,19,22H,4,9-14H2,1H3/t19-,20-/m0/s1. The van der Waals surface area contributed by atoms with Gasteiger partial charge in [0, 0.05) is 31.8 Å². The maximum atomic E-state index is 10.6. The average molecular weight is 327 g/mol. The summed E-state index contributed by atoms with van der Waals surface area (Å²) in [5.74, 6) is 0.917. The molecule has 2 atom stereocenters. The minimum Gasteiger partial charge on any atom is -0.496 e. The summed E-state index contributed by atoms with van der Waals surface area (Å²) in [4.78, 5) is 2.32. The van der Waals surface area contributed by atoms with Gasteiger partial charge in [0.1, 0.15) is 5.75 Å². The van der Waals surface area contributed by atoms with Gasteiger partial charge in [0.25, 0.3) is 0 Å². The molecule has 0 aromatic heterocycles. The van der Waals surface area contributed by atoms with Gasteiger partial charge in [0.15, 0.2) is 0 Å². The van der Waals surface area contributed by atoms with Crippen LogP contribution in [0.4, 0.5) is 0 Å². The highest BCUT2D eigenvalue weighted by Crippen LogP contribution is 2.37. The van der Waals surface area contributed by atoms with Crippen LogP contribution >= 0.6 is 0 Å². The van der Waals surface area contributed by atoms with Gasteiger partial charge >= 0.3 is 0 Å². The van der Waals surface area contributed by atoms with Crippen LogP contribution in [0.25, 0.3) is 10.8 Å². The molecule has 0 bridgehead atoms. The molecule has 2 fully saturated rings. The molecule has 4 heteroatoms. The second kappa shape index (κ2) is 6.36. The third kappa shape index (κ3) is 2.69. The third-order valence-corrected chi connectivity index (χ3v) is 5.62. The SMILES string of the molecule is COc1ccc2ccccc2c1CN1CC[C@@]2(CCCO2)[C@@H](O)C1. The van der Waals surface area contributed by atoms with Crippen molar-refractivity contribution in [3.8, 4) is 5.75 Å². The Labute approximate surface area is 143 Å². The number of hydrogen-bond donors (Lipinski definition) is 1. The van der Waals surface area contributed by atoms with Crippen LogP contribution in [-0.4, -0.2) is 48.5 Å². The summed E-state index contributed by atoms with van der Waals surface area (Å²) in [5, 5.41) is 13.1. The Hall–Kier alpha value is -1.62. The summed E-state index contributed by atoms with van der Waals surface area (Å²) in [6.45, 7) is 3.18. The fourth-order valence-corrected chi connectivity index (χ4v) is 4.23. The minimum absolute atomic E-state index is 0.292. The van der Waals surface area contributed by atoms with Crippen LogP contribution in [0.5, 0.6) is 5.75 Å². The Balaban J connectivity index is 1.58. The lowest BCUT2D eigenvalue weighted by atomic mass is 9.86. The highest BCUT2D eigenvalue weighted by Gasteiger charge is 2.45. The number of β-amino-alcohol motifs (C(OH)–C–C–N with tert-alkyl or cyclic N) is 1. The maximum absolute atomic E-state index is 10.6. The zero-order valence-corrected chi connectivity index (χ0v) is 14.2. The van der Waals surface area contributed by atoms with Crippen LogP contribution in [0.1, 0.15) is 24.8 Å². The van der Waals surface area contributed by atoms with Crippen molar-refractivity contribution in [1.29, 1.82) is 0 Å². The first kappa shape index (κ1) is 15.9. The fraction of sp³-hybridized carbons (Fsp3) is 0.500. The predicted molar refractivity (Wildman–Crippen MR) is 94.3 cm³/mol. The van der Waals surface area contributed by atoms with E-state index in [1.165, 1.54) is 16.3 Å². The minimum atomic E-state index is -0.408. The van der Waals surface area contributed by atoms with E-state index < -0.39 is 6.10 Å². The maximum Gasteiger partial charge on any atom is 0.123 e. The van der Waals surface area contributed by atoms with Crippen LogP contribution < -0.4 is 4.74 Å². The summed E-state index contributed by atoms with van der Waals surface area (Å²) in [5.41, 5.74) is 0.908. The highest BCUT2D eigenvalue weighted by molar-refractivity contribution is 5.87. The average Bonchev–Trinajstić information content (AvgIpc) is 3.08. The number of fused-ring (bicyclic) bond motifs is 1. The molecular formula is C20H25NO3. The second-order valence-corrected chi connectivity index (χ2v) is 6.99. The number of likely N-dealkylation sites (tertiary alicyclic amines) is 1. The summed E-state index contributed by atoms with van der Waals surface area (Å²) in [6.07, 6.45) is 2.55. The van der Waals surface area contributed by atoms with Gasteiger partial charge in [-0.2, -0.15) is 0 Å². The van der Waals surface area contributed by atoms with E-state index in [-0.39, 0.29) is 5.60 Å². The molecule has 0 amide bonds. The van der Waals surface area contributed by atoms with Gasteiger partial charge in [0.05, 0.1) is 18.8 Å². The van der Waals surface area contributed by atoms with E-state index in [0.29, 0.717) is 6.54 Å². The Morgan fingerprint density at radius 2 is 2.12 bits per heavy atom. The van der Waals surface area contributed by atoms with Gasteiger partial charge in [0.2, 0.25) is 0 Å². The Morgan fingerprint density at radius 3 is 2.88 bits per heavy atom. The van der Waals surface area contributed by atoms with Crippen molar-refractivity contribution in [1.82, 2.24) is 4.90 Å². The summed E-state index contributed by atoms with van der Waals surface area (Å²) < 4.78 is 11.5. The van der Waals surface area contributed by atoms with Crippen molar-refractivity contribution in [3.05, 3.63) is 42.0 Å². The van der Waals surface area contributed by atoms with Crippen molar-refractivity contribution >= 4 is 10.8 Å². The van der Waals surface area contributed by atoms with Gasteiger partial charge in [-0.25, -0.2) is 0 Å². The fourth-order valence-electron chi connectivity index (χ4n) is 4.23. The highest BCUT2D eigenvalue weighted by atomic mass is 16.5. The van der Waals surface area contributed by atoms with Gasteiger partial charge in [-0.3, -0.25) is 4.90 Å². The third-order valence-electron chi connectivity index (χ3n) is 5.62. The van der Waals surface area contributed by atoms with Crippen LogP contribution in [0.3, 0.4) is 0 Å². The van der Waals surface area contributed by atoms with E-state index >= 15 is 0 Å². The number of ether oxygens (including phenoxy) is 2. The van der Waals surface area contributed by atoms with Crippen LogP contribution in [0, 0.1) is 0 Å². The molecule has 2 saturated heterocycles. The summed E-state index contributed by atoms with van der Waals surface area (Å²) in [6, 6.07) is 12.5. The molecule has 0 aliphatic carbocycles. The zero-order chi connectivity index (χ0) is 16.6. The van der Waals surface area contributed by atoms with Gasteiger partial charge in [-0.05, 0) is 36.1 Å². The van der Waals surface area contributed by atoms with E-state index in [9.17, 15) is 5.11 Å². The van der Waals surface area contributed by atoms with E-state index in [0.717, 1.165) is 44.7 Å². The van der Waals surface area contributed by atoms with Crippen LogP contribution in [-0.2, 0) is 11.3 Å². The molecule has 4 rings (SSSR count). The lowest BCUT2D eigenvalue weighted by molar-refractivity contribution is -0.130. The normalized spacial score (nSPS) is 27.8. The molecule has 1 spiro atoms. The molecule has 2 aliphatic rings. The Bertz CT molecular complexity index is 724. The van der Waals surface area contributed by atoms with E-state index in [1.54, 1.807) is 7.11 Å². The number of benzene rings is 2. The molecule has 0 saturated carbocycles. The molecule has 24 heavy (non-hydrogen) atoms. The van der Waals surface area contributed by atoms with Crippen LogP contribution in [0.15, 0.2) is 36.4 Å². The lowest BCUT2D eigenvalue weighted by Crippen LogP contribution is -2.54. The smallest absolute Gasteiger partial charge is 0.123 e. The van der Waals surface area contributed by atoms with Crippen molar-refractivity contribution in [3.63, 3.8) is 0 Å². The molecule has 2 aliphatic heterocycles. The monoisotopic (exact) mass is 327 g/mol. The first-order valence-electron chi connectivity index (χ1n) is 8.81. The molecule has 0 unspecified atom stereocenters. The molecular weight excluding hydrogens is 302 g/mol. The number of aliphatic hydroxyl groups excluding tert-OH is 1. The van der Waals surface area contributed by atoms with Crippen molar-refractivity contribution in [2.24, 2.45) is 0 Å². The summed E-state index contributed by atoms with van der Waals surface area (Å²) >= 11 is 0. The molecule has 2 aromatic rings. The number of nitrogens with zero attached hydrogens (tertiary/aromatic N) is 1. The van der Waals surface area contributed by atoms with Crippen LogP contribution in [0.2, 0.25) is 0 Å². The van der Waals surface area contributed by atoms with E-state index in [4.69, 9.17) is 9.47 Å². The molecule has 0 radical (unpaired) electrons. The van der Waals surface area contributed by atoms with Gasteiger partial charge < -0.3 is 14.6 Å². The Morgan fingerprint density at radius 1 is 1.25 bits per heavy atom. The summed E-state index contributed by atoms with van der Waals surface area (Å²) in [7, 11) is 1.72. The molecule has 4 nitrogen and oxygen atoms in total. The largest absolute Gasteiger partial charge is 0.496 e. The van der Waals surface area contributed by atoms with E-state index in [2.05, 4.69) is 35.2 Å². The first-order chi connectivity index (χ1) is 11.7. The number of piperidine rings is 1. The number of rotatable bonds is 3. The van der Waals surface area contributed by atoms with Gasteiger partial charge in [-0.1, -0.05) is 30.3 Å². The number of hydrogen-bond acceptors (Lipinski definition) is 4. The zero-order valence-electron chi connectivity index (χ0n) is 14.2. The molecule has 128 valence electrons. The second-order valence-electron chi connectivity index (χ2n) is 6.99. The van der Waals surface area contributed by atoms with Crippen molar-refractivity contribution in [2.75, 3.05) is 26.8 Å². The molecule has 2 heterocycles. The predicted octanol–water partition coefficient (Wildman–Crippen LogP) is 2.96. The lowest BCUT2D eigenvalue weighted by Gasteiger charge is -2.42. The van der Waals surface area contributed by atoms with Crippen molar-refractivity contribution < 1.29 is 14.6 Å². The molecule has 2 aromatic carbocycles. The van der Waals surface area contributed by atoms with E-state index in [1.807, 2.05) is 6.07 Å². The number of aliphatic hydroxyl groups is 1. The first-order valence-corrected chi connectivity index (χ1v) is 8.81. The van der Waals surface area contributed by atoms with Crippen molar-refractivity contribution in [2.45, 2.75) is 37.5 Å². The molecule has 1 N–H and O–H groups in total. The number of methoxy groups -OCH3 is 1. The Kier molecular flexibility index (Phi) is 4.21. The quantitative estimate of drug-likeness (QED) is 0.941.